The number of furan rings is 1. The summed E-state index contributed by atoms with van der Waals surface area (Å²) in [5.41, 5.74) is 0. The van der Waals surface area contributed by atoms with Crippen LogP contribution in [0.5, 0.6) is 0 Å². The highest BCUT2D eigenvalue weighted by Gasteiger charge is 2.26. The van der Waals surface area contributed by atoms with E-state index < -0.39 is 0 Å². The van der Waals surface area contributed by atoms with Crippen LogP contribution in [0.4, 0.5) is 0 Å². The van der Waals surface area contributed by atoms with Crippen LogP contribution < -0.4 is 5.32 Å². The molecule has 0 radical (unpaired) electrons. The number of nitrogens with one attached hydrogen (secondary N) is 1. The lowest BCUT2D eigenvalue weighted by Crippen LogP contribution is -2.31. The van der Waals surface area contributed by atoms with Gasteiger partial charge in [-0.2, -0.15) is 10.5 Å². The summed E-state index contributed by atoms with van der Waals surface area (Å²) in [6.45, 7) is 0.588. The van der Waals surface area contributed by atoms with Gasteiger partial charge in [-0.25, -0.2) is 0 Å². The van der Waals surface area contributed by atoms with Gasteiger partial charge in [-0.15, -0.1) is 0 Å². The zero-order chi connectivity index (χ0) is 11.4. The highest BCUT2D eigenvalue weighted by atomic mass is 16.3. The Morgan fingerprint density at radius 1 is 1.38 bits per heavy atom. The van der Waals surface area contributed by atoms with Crippen LogP contribution in [0.2, 0.25) is 0 Å². The van der Waals surface area contributed by atoms with Gasteiger partial charge in [0.1, 0.15) is 11.8 Å². The Morgan fingerprint density at radius 3 is 2.94 bits per heavy atom. The van der Waals surface area contributed by atoms with Gasteiger partial charge >= 0.3 is 0 Å². The minimum Gasteiger partial charge on any atom is -0.449 e. The van der Waals surface area contributed by atoms with Crippen molar-refractivity contribution in [1.82, 2.24) is 5.32 Å². The molecular weight excluding hydrogens is 202 g/mol. The number of hydrogen-bond donors (Lipinski definition) is 1. The first-order valence-corrected chi connectivity index (χ1v) is 5.45. The van der Waals surface area contributed by atoms with Crippen molar-refractivity contribution in [3.63, 3.8) is 0 Å². The van der Waals surface area contributed by atoms with Gasteiger partial charge in [-0.3, -0.25) is 0 Å². The monoisotopic (exact) mass is 215 g/mol. The topological polar surface area (TPSA) is 72.8 Å². The molecule has 1 N–H and O–H groups in total. The van der Waals surface area contributed by atoms with Crippen molar-refractivity contribution in [2.45, 2.75) is 31.8 Å². The minimum absolute atomic E-state index is 0.116. The highest BCUT2D eigenvalue weighted by molar-refractivity contribution is 5.19. The standard InChI is InChI=1S/C12H13N3O/c13-6-9-2-1-3-12(9)15-8-11-5-4-10(7-14)16-11/h4-5,9,12,15H,1-3,8H2. The van der Waals surface area contributed by atoms with Crippen LogP contribution in [0, 0.1) is 28.6 Å². The number of hydrogen-bond acceptors (Lipinski definition) is 4. The Balaban J connectivity index is 1.88. The van der Waals surface area contributed by atoms with E-state index in [-0.39, 0.29) is 12.0 Å². The van der Waals surface area contributed by atoms with Gasteiger partial charge in [0.05, 0.1) is 18.5 Å². The van der Waals surface area contributed by atoms with E-state index >= 15 is 0 Å². The van der Waals surface area contributed by atoms with Gasteiger partial charge < -0.3 is 9.73 Å². The fraction of sp³-hybridized carbons (Fsp3) is 0.500. The number of rotatable bonds is 3. The second kappa shape index (κ2) is 4.83. The Hall–Kier alpha value is -1.78. The van der Waals surface area contributed by atoms with Crippen molar-refractivity contribution >= 4 is 0 Å². The van der Waals surface area contributed by atoms with Crippen molar-refractivity contribution in [3.05, 3.63) is 23.7 Å². The van der Waals surface area contributed by atoms with Crippen molar-refractivity contribution in [3.8, 4) is 12.1 Å². The Morgan fingerprint density at radius 2 is 2.25 bits per heavy atom. The minimum atomic E-state index is 0.116. The van der Waals surface area contributed by atoms with Gasteiger partial charge in [0.15, 0.2) is 0 Å². The average molecular weight is 215 g/mol. The molecule has 1 aromatic rings. The van der Waals surface area contributed by atoms with Crippen LogP contribution in [-0.4, -0.2) is 6.04 Å². The third kappa shape index (κ3) is 2.24. The summed E-state index contributed by atoms with van der Waals surface area (Å²) >= 11 is 0. The van der Waals surface area contributed by atoms with Crippen LogP contribution in [0.1, 0.15) is 30.8 Å². The number of nitriles is 2. The van der Waals surface area contributed by atoms with E-state index in [4.69, 9.17) is 14.9 Å². The first kappa shape index (κ1) is 10.7. The smallest absolute Gasteiger partial charge is 0.203 e. The van der Waals surface area contributed by atoms with Crippen LogP contribution in [0.25, 0.3) is 0 Å². The molecule has 1 aliphatic carbocycles. The molecule has 2 rings (SSSR count). The lowest BCUT2D eigenvalue weighted by atomic mass is 10.1. The molecule has 0 spiro atoms. The average Bonchev–Trinajstić information content (AvgIpc) is 2.94. The third-order valence-corrected chi connectivity index (χ3v) is 2.99. The SMILES string of the molecule is N#Cc1ccc(CNC2CCCC2C#N)o1. The molecule has 82 valence electrons. The van der Waals surface area contributed by atoms with Gasteiger partial charge in [-0.05, 0) is 25.0 Å². The van der Waals surface area contributed by atoms with E-state index in [9.17, 15) is 0 Å². The highest BCUT2D eigenvalue weighted by Crippen LogP contribution is 2.25. The van der Waals surface area contributed by atoms with E-state index in [1.165, 1.54) is 0 Å². The quantitative estimate of drug-likeness (QED) is 0.836. The summed E-state index contributed by atoms with van der Waals surface area (Å²) in [5, 5.41) is 20.8. The summed E-state index contributed by atoms with van der Waals surface area (Å²) in [6.07, 6.45) is 3.14. The van der Waals surface area contributed by atoms with Crippen LogP contribution in [-0.2, 0) is 6.54 Å². The molecule has 1 aliphatic rings. The molecule has 1 fully saturated rings. The molecule has 0 aliphatic heterocycles. The van der Waals surface area contributed by atoms with E-state index in [1.54, 1.807) is 12.1 Å². The fourth-order valence-corrected chi connectivity index (χ4v) is 2.12. The van der Waals surface area contributed by atoms with Gasteiger partial charge in [0, 0.05) is 6.04 Å². The summed E-state index contributed by atoms with van der Waals surface area (Å²) in [6, 6.07) is 7.99. The number of nitrogens with zero attached hydrogens (tertiary/aromatic N) is 2. The molecule has 1 heterocycles. The summed E-state index contributed by atoms with van der Waals surface area (Å²) in [4.78, 5) is 0. The Kier molecular flexibility index (Phi) is 3.24. The fourth-order valence-electron chi connectivity index (χ4n) is 2.12. The molecule has 4 heteroatoms. The first-order chi connectivity index (χ1) is 7.83. The molecule has 2 atom stereocenters. The maximum atomic E-state index is 8.92. The lowest BCUT2D eigenvalue weighted by Gasteiger charge is -2.14. The molecule has 0 aromatic carbocycles. The molecule has 0 saturated heterocycles. The summed E-state index contributed by atoms with van der Waals surface area (Å²) in [7, 11) is 0. The van der Waals surface area contributed by atoms with E-state index in [0.717, 1.165) is 25.0 Å². The predicted molar refractivity (Wildman–Crippen MR) is 57.0 cm³/mol. The molecule has 0 bridgehead atoms. The molecular formula is C12H13N3O. The predicted octanol–water partition coefficient (Wildman–Crippen LogP) is 1.93. The lowest BCUT2D eigenvalue weighted by molar-refractivity contribution is 0.415. The third-order valence-electron chi connectivity index (χ3n) is 2.99. The van der Waals surface area contributed by atoms with Crippen molar-refractivity contribution in [1.29, 1.82) is 10.5 Å². The molecule has 4 nitrogen and oxygen atoms in total. The van der Waals surface area contributed by atoms with E-state index in [0.29, 0.717) is 12.3 Å². The molecule has 16 heavy (non-hydrogen) atoms. The van der Waals surface area contributed by atoms with Crippen LogP contribution in [0.3, 0.4) is 0 Å². The van der Waals surface area contributed by atoms with Crippen molar-refractivity contribution in [2.75, 3.05) is 0 Å². The van der Waals surface area contributed by atoms with Gasteiger partial charge in [0.2, 0.25) is 5.76 Å². The zero-order valence-electron chi connectivity index (χ0n) is 8.94. The molecule has 1 saturated carbocycles. The van der Waals surface area contributed by atoms with E-state index in [2.05, 4.69) is 11.4 Å². The van der Waals surface area contributed by atoms with Gasteiger partial charge in [0.25, 0.3) is 0 Å². The normalized spacial score (nSPS) is 23.9. The van der Waals surface area contributed by atoms with Crippen LogP contribution >= 0.6 is 0 Å². The first-order valence-electron chi connectivity index (χ1n) is 5.45. The van der Waals surface area contributed by atoms with Crippen molar-refractivity contribution in [2.24, 2.45) is 5.92 Å². The van der Waals surface area contributed by atoms with Crippen molar-refractivity contribution < 1.29 is 4.42 Å². The zero-order valence-corrected chi connectivity index (χ0v) is 8.94. The maximum absolute atomic E-state index is 8.92. The summed E-state index contributed by atoms with van der Waals surface area (Å²) < 4.78 is 5.25. The Labute approximate surface area is 94.5 Å². The second-order valence-corrected chi connectivity index (χ2v) is 4.03. The largest absolute Gasteiger partial charge is 0.449 e. The van der Waals surface area contributed by atoms with E-state index in [1.807, 2.05) is 6.07 Å². The van der Waals surface area contributed by atoms with Gasteiger partial charge in [-0.1, -0.05) is 6.42 Å². The Bertz CT molecular complexity index is 438. The van der Waals surface area contributed by atoms with Crippen LogP contribution in [0.15, 0.2) is 16.5 Å². The molecule has 2 unspecified atom stereocenters. The maximum Gasteiger partial charge on any atom is 0.203 e. The molecule has 1 aromatic heterocycles. The molecule has 0 amide bonds. The second-order valence-electron chi connectivity index (χ2n) is 4.03. The summed E-state index contributed by atoms with van der Waals surface area (Å²) in [5.74, 6) is 1.20.